The number of hydrogen-bond donors (Lipinski definition) is 2. The second kappa shape index (κ2) is 5.62. The van der Waals surface area contributed by atoms with Gasteiger partial charge in [-0.2, -0.15) is 0 Å². The lowest BCUT2D eigenvalue weighted by molar-refractivity contribution is 0.0606. The highest BCUT2D eigenvalue weighted by Gasteiger charge is 2.39. The third-order valence-electron chi connectivity index (χ3n) is 4.78. The second-order valence-electron chi connectivity index (χ2n) is 6.22. The van der Waals surface area contributed by atoms with Gasteiger partial charge in [-0.15, -0.1) is 11.3 Å². The van der Waals surface area contributed by atoms with Gasteiger partial charge in [0.25, 0.3) is 5.91 Å². The number of fused-ring (bicyclic) bond motifs is 3. The number of methoxy groups -OCH3 is 1. The summed E-state index contributed by atoms with van der Waals surface area (Å²) in [7, 11) is 1.37. The van der Waals surface area contributed by atoms with E-state index in [1.165, 1.54) is 24.9 Å². The summed E-state index contributed by atoms with van der Waals surface area (Å²) in [5.41, 5.74) is 0.634. The van der Waals surface area contributed by atoms with Gasteiger partial charge in [0.05, 0.1) is 7.11 Å². The molecule has 1 amide bonds. The van der Waals surface area contributed by atoms with E-state index in [0.29, 0.717) is 22.5 Å². The fraction of sp³-hybridized carbons (Fsp3) is 0.412. The van der Waals surface area contributed by atoms with Crippen LogP contribution in [0.5, 0.6) is 0 Å². The van der Waals surface area contributed by atoms with Crippen LogP contribution in [0.3, 0.4) is 0 Å². The van der Waals surface area contributed by atoms with Crippen LogP contribution in [-0.4, -0.2) is 37.1 Å². The van der Waals surface area contributed by atoms with Gasteiger partial charge in [-0.1, -0.05) is 0 Å². The van der Waals surface area contributed by atoms with Crippen molar-refractivity contribution in [3.05, 3.63) is 34.7 Å². The largest absolute Gasteiger partial charge is 0.465 e. The third-order valence-corrected chi connectivity index (χ3v) is 5.88. The van der Waals surface area contributed by atoms with Crippen LogP contribution in [0.25, 0.3) is 10.1 Å². The Hall–Kier alpha value is -1.92. The van der Waals surface area contributed by atoms with Crippen molar-refractivity contribution in [1.29, 1.82) is 0 Å². The van der Waals surface area contributed by atoms with Crippen LogP contribution in [0.2, 0.25) is 0 Å². The normalized spacial score (nSPS) is 25.7. The van der Waals surface area contributed by atoms with E-state index in [2.05, 4.69) is 10.6 Å². The molecule has 6 heteroatoms. The van der Waals surface area contributed by atoms with Gasteiger partial charge in [-0.3, -0.25) is 4.79 Å². The molecule has 2 saturated heterocycles. The standard InChI is InChI=1S/C17H18N2O3S/c1-22-17(21)15-7-10-6-9(2-5-14(10)23-15)16(20)19-13-8-11-3-4-12(13)18-11/h2,5-7,11-13,18H,3-4,8H2,1H3,(H,19,20)/t11-,12+,13-/m1/s1. The monoisotopic (exact) mass is 330 g/mol. The molecule has 2 aliphatic heterocycles. The fourth-order valence-electron chi connectivity index (χ4n) is 3.62. The molecule has 1 aromatic heterocycles. The topological polar surface area (TPSA) is 67.4 Å². The highest BCUT2D eigenvalue weighted by molar-refractivity contribution is 7.20. The van der Waals surface area contributed by atoms with Crippen molar-refractivity contribution in [2.45, 2.75) is 37.4 Å². The molecule has 2 fully saturated rings. The molecule has 0 spiro atoms. The van der Waals surface area contributed by atoms with Crippen molar-refractivity contribution >= 4 is 33.3 Å². The minimum Gasteiger partial charge on any atom is -0.465 e. The summed E-state index contributed by atoms with van der Waals surface area (Å²) in [4.78, 5) is 24.7. The Morgan fingerprint density at radius 1 is 1.30 bits per heavy atom. The molecule has 2 aliphatic rings. The maximum Gasteiger partial charge on any atom is 0.348 e. The van der Waals surface area contributed by atoms with Crippen molar-refractivity contribution in [1.82, 2.24) is 10.6 Å². The molecule has 0 radical (unpaired) electrons. The molecule has 2 aromatic rings. The highest BCUT2D eigenvalue weighted by atomic mass is 32.1. The molecular formula is C17H18N2O3S. The molecule has 23 heavy (non-hydrogen) atoms. The number of ether oxygens (including phenoxy) is 1. The molecule has 1 aromatic carbocycles. The molecule has 0 unspecified atom stereocenters. The zero-order valence-electron chi connectivity index (χ0n) is 12.8. The lowest BCUT2D eigenvalue weighted by Crippen LogP contribution is -2.42. The van der Waals surface area contributed by atoms with E-state index in [9.17, 15) is 9.59 Å². The molecular weight excluding hydrogens is 312 g/mol. The van der Waals surface area contributed by atoms with Crippen molar-refractivity contribution in [3.8, 4) is 0 Å². The fourth-order valence-corrected chi connectivity index (χ4v) is 4.58. The first kappa shape index (κ1) is 14.7. The van der Waals surface area contributed by atoms with E-state index in [1.54, 1.807) is 6.07 Å². The maximum atomic E-state index is 12.5. The van der Waals surface area contributed by atoms with Crippen LogP contribution >= 0.6 is 11.3 Å². The zero-order valence-corrected chi connectivity index (χ0v) is 13.6. The first-order chi connectivity index (χ1) is 11.1. The second-order valence-corrected chi connectivity index (χ2v) is 7.30. The Balaban J connectivity index is 1.54. The molecule has 3 heterocycles. The summed E-state index contributed by atoms with van der Waals surface area (Å²) in [5.74, 6) is -0.387. The average molecular weight is 330 g/mol. The van der Waals surface area contributed by atoms with E-state index < -0.39 is 0 Å². The summed E-state index contributed by atoms with van der Waals surface area (Å²) in [6, 6.07) is 8.53. The van der Waals surface area contributed by atoms with Gasteiger partial charge in [-0.05, 0) is 48.9 Å². The number of carbonyl (C=O) groups excluding carboxylic acids is 2. The van der Waals surface area contributed by atoms with Gasteiger partial charge >= 0.3 is 5.97 Å². The van der Waals surface area contributed by atoms with Crippen molar-refractivity contribution in [3.63, 3.8) is 0 Å². The predicted octanol–water partition coefficient (Wildman–Crippen LogP) is 2.31. The number of rotatable bonds is 3. The Morgan fingerprint density at radius 2 is 2.17 bits per heavy atom. The molecule has 2 bridgehead atoms. The maximum absolute atomic E-state index is 12.5. The summed E-state index contributed by atoms with van der Waals surface area (Å²) < 4.78 is 5.72. The van der Waals surface area contributed by atoms with Gasteiger partial charge in [0.15, 0.2) is 0 Å². The van der Waals surface area contributed by atoms with Crippen LogP contribution in [0, 0.1) is 0 Å². The zero-order chi connectivity index (χ0) is 16.0. The van der Waals surface area contributed by atoms with Gasteiger partial charge in [0, 0.05) is 28.4 Å². The first-order valence-electron chi connectivity index (χ1n) is 7.83. The van der Waals surface area contributed by atoms with E-state index in [0.717, 1.165) is 22.9 Å². The molecule has 0 saturated carbocycles. The number of thiophene rings is 1. The quantitative estimate of drug-likeness (QED) is 0.848. The molecule has 120 valence electrons. The van der Waals surface area contributed by atoms with E-state index in [4.69, 9.17) is 4.74 Å². The van der Waals surface area contributed by atoms with E-state index in [1.807, 2.05) is 18.2 Å². The molecule has 5 nitrogen and oxygen atoms in total. The summed E-state index contributed by atoms with van der Waals surface area (Å²) >= 11 is 1.38. The summed E-state index contributed by atoms with van der Waals surface area (Å²) in [6.07, 6.45) is 3.37. The van der Waals surface area contributed by atoms with Crippen molar-refractivity contribution in [2.75, 3.05) is 7.11 Å². The number of carbonyl (C=O) groups is 2. The first-order valence-corrected chi connectivity index (χ1v) is 8.64. The molecule has 2 N–H and O–H groups in total. The van der Waals surface area contributed by atoms with Crippen LogP contribution in [-0.2, 0) is 4.74 Å². The van der Waals surface area contributed by atoms with Gasteiger partial charge in [0.2, 0.25) is 0 Å². The smallest absolute Gasteiger partial charge is 0.348 e. The van der Waals surface area contributed by atoms with Gasteiger partial charge in [0.1, 0.15) is 4.88 Å². The molecule has 0 aliphatic carbocycles. The summed E-state index contributed by atoms with van der Waals surface area (Å²) in [5, 5.41) is 7.56. The van der Waals surface area contributed by atoms with Gasteiger partial charge in [-0.25, -0.2) is 4.79 Å². The lowest BCUT2D eigenvalue weighted by Gasteiger charge is -2.21. The average Bonchev–Trinajstić information content (AvgIpc) is 3.27. The Bertz CT molecular complexity index is 785. The number of benzene rings is 1. The van der Waals surface area contributed by atoms with Gasteiger partial charge < -0.3 is 15.4 Å². The number of hydrogen-bond acceptors (Lipinski definition) is 5. The van der Waals surface area contributed by atoms with Crippen LogP contribution in [0.4, 0.5) is 0 Å². The minimum absolute atomic E-state index is 0.0444. The Morgan fingerprint density at radius 3 is 2.87 bits per heavy atom. The number of amides is 1. The minimum atomic E-state index is -0.342. The number of esters is 1. The lowest BCUT2D eigenvalue weighted by atomic mass is 9.95. The highest BCUT2D eigenvalue weighted by Crippen LogP contribution is 2.29. The summed E-state index contributed by atoms with van der Waals surface area (Å²) in [6.45, 7) is 0. The third kappa shape index (κ3) is 2.62. The Kier molecular flexibility index (Phi) is 3.58. The van der Waals surface area contributed by atoms with Crippen LogP contribution in [0.1, 0.15) is 39.3 Å². The Labute approximate surface area is 138 Å². The number of nitrogens with one attached hydrogen (secondary N) is 2. The molecule has 4 rings (SSSR count). The van der Waals surface area contributed by atoms with Crippen LogP contribution in [0.15, 0.2) is 24.3 Å². The molecule has 3 atom stereocenters. The van der Waals surface area contributed by atoms with Crippen molar-refractivity contribution in [2.24, 2.45) is 0 Å². The predicted molar refractivity (Wildman–Crippen MR) is 89.0 cm³/mol. The van der Waals surface area contributed by atoms with Crippen molar-refractivity contribution < 1.29 is 14.3 Å². The van der Waals surface area contributed by atoms with E-state index >= 15 is 0 Å². The van der Waals surface area contributed by atoms with Crippen LogP contribution < -0.4 is 10.6 Å². The SMILES string of the molecule is COC(=O)c1cc2cc(C(=O)N[C@@H]3C[C@H]4CC[C@@H]3N4)ccc2s1. The van der Waals surface area contributed by atoms with E-state index in [-0.39, 0.29) is 17.9 Å².